The van der Waals surface area contributed by atoms with Gasteiger partial charge in [0.25, 0.3) is 5.69 Å². The topological polar surface area (TPSA) is 98.7 Å². The van der Waals surface area contributed by atoms with Crippen LogP contribution in [0.5, 0.6) is 0 Å². The van der Waals surface area contributed by atoms with Gasteiger partial charge in [-0.25, -0.2) is 4.79 Å². The zero-order valence-corrected chi connectivity index (χ0v) is 8.25. The van der Waals surface area contributed by atoms with Gasteiger partial charge in [-0.2, -0.15) is 5.06 Å². The maximum absolute atomic E-state index is 10.8. The average Bonchev–Trinajstić information content (AvgIpc) is 2.60. The number of nitrogens with zero attached hydrogens (tertiary/aromatic N) is 2. The van der Waals surface area contributed by atoms with Gasteiger partial charge in [0.1, 0.15) is 0 Å². The van der Waals surface area contributed by atoms with Gasteiger partial charge in [-0.3, -0.25) is 10.1 Å². The van der Waals surface area contributed by atoms with Gasteiger partial charge >= 0.3 is 6.09 Å². The summed E-state index contributed by atoms with van der Waals surface area (Å²) in [5, 5.41) is 12.0. The molecule has 0 unspecified atom stereocenters. The fourth-order valence-corrected chi connectivity index (χ4v) is 1.75. The van der Waals surface area contributed by atoms with Crippen molar-refractivity contribution in [3.8, 4) is 0 Å². The van der Waals surface area contributed by atoms with Gasteiger partial charge in [0, 0.05) is 6.07 Å². The molecule has 0 atom stereocenters. The maximum Gasteiger partial charge on any atom is 0.429 e. The molecule has 0 spiro atoms. The predicted molar refractivity (Wildman–Crippen MR) is 54.8 cm³/mol. The molecule has 0 aromatic heterocycles. The van der Waals surface area contributed by atoms with Gasteiger partial charge in [0.05, 0.1) is 11.5 Å². The quantitative estimate of drug-likeness (QED) is 0.594. The molecule has 0 saturated carbocycles. The summed E-state index contributed by atoms with van der Waals surface area (Å²) in [4.78, 5) is 25.6. The van der Waals surface area contributed by atoms with Crippen molar-refractivity contribution in [2.45, 2.75) is 6.42 Å². The van der Waals surface area contributed by atoms with Crippen molar-refractivity contribution >= 4 is 17.5 Å². The molecule has 7 heteroatoms. The highest BCUT2D eigenvalue weighted by atomic mass is 16.7. The standard InChI is InChI=1S/C9H9N3O4/c10-9(13)16-11-5-4-6-2-1-3-7(8(6)11)12(14)15/h1-3H,4-5H2,(H2,10,13). The number of rotatable bonds is 2. The number of nitrogens with two attached hydrogens (primary N) is 1. The number of carbonyl (C=O) groups is 1. The van der Waals surface area contributed by atoms with Crippen molar-refractivity contribution in [3.05, 3.63) is 33.9 Å². The number of benzene rings is 1. The van der Waals surface area contributed by atoms with Crippen LogP contribution in [0, 0.1) is 10.1 Å². The first kappa shape index (κ1) is 10.2. The van der Waals surface area contributed by atoms with Crippen LogP contribution in [0.15, 0.2) is 18.2 Å². The smallest absolute Gasteiger partial charge is 0.333 e. The lowest BCUT2D eigenvalue weighted by molar-refractivity contribution is -0.384. The molecule has 84 valence electrons. The Kier molecular flexibility index (Phi) is 2.35. The number of nitro benzene ring substituents is 1. The Hall–Kier alpha value is -2.31. The van der Waals surface area contributed by atoms with Crippen molar-refractivity contribution in [3.63, 3.8) is 0 Å². The molecule has 1 aromatic rings. The Morgan fingerprint density at radius 2 is 2.31 bits per heavy atom. The van der Waals surface area contributed by atoms with E-state index >= 15 is 0 Å². The van der Waals surface area contributed by atoms with Crippen LogP contribution >= 0.6 is 0 Å². The van der Waals surface area contributed by atoms with E-state index in [1.165, 1.54) is 6.07 Å². The highest BCUT2D eigenvalue weighted by molar-refractivity contribution is 5.73. The van der Waals surface area contributed by atoms with Gasteiger partial charge < -0.3 is 10.6 Å². The molecular formula is C9H9N3O4. The molecule has 1 amide bonds. The Labute approximate surface area is 90.5 Å². The van der Waals surface area contributed by atoms with Crippen LogP contribution in [0.3, 0.4) is 0 Å². The minimum Gasteiger partial charge on any atom is -0.333 e. The van der Waals surface area contributed by atoms with E-state index in [0.717, 1.165) is 10.6 Å². The number of fused-ring (bicyclic) bond motifs is 1. The summed E-state index contributed by atoms with van der Waals surface area (Å²) >= 11 is 0. The summed E-state index contributed by atoms with van der Waals surface area (Å²) in [6, 6.07) is 4.72. The van der Waals surface area contributed by atoms with E-state index in [0.29, 0.717) is 18.7 Å². The van der Waals surface area contributed by atoms with E-state index in [-0.39, 0.29) is 5.69 Å². The summed E-state index contributed by atoms with van der Waals surface area (Å²) in [6.07, 6.45) is -0.393. The number of hydrogen-bond donors (Lipinski definition) is 1. The second-order valence-corrected chi connectivity index (χ2v) is 3.30. The molecule has 0 radical (unpaired) electrons. The number of amides is 1. The number of primary amides is 1. The van der Waals surface area contributed by atoms with Crippen molar-refractivity contribution in [2.75, 3.05) is 11.6 Å². The Bertz CT molecular complexity index is 460. The zero-order valence-electron chi connectivity index (χ0n) is 8.25. The third-order valence-corrected chi connectivity index (χ3v) is 2.33. The first-order valence-corrected chi connectivity index (χ1v) is 4.61. The lowest BCUT2D eigenvalue weighted by Gasteiger charge is -2.15. The molecular weight excluding hydrogens is 214 g/mol. The fourth-order valence-electron chi connectivity index (χ4n) is 1.75. The summed E-state index contributed by atoms with van der Waals surface area (Å²) in [5.41, 5.74) is 5.88. The predicted octanol–water partition coefficient (Wildman–Crippen LogP) is 0.968. The summed E-state index contributed by atoms with van der Waals surface area (Å²) in [5.74, 6) is 0. The van der Waals surface area contributed by atoms with Crippen LogP contribution in [0.25, 0.3) is 0 Å². The minimum absolute atomic E-state index is 0.0868. The van der Waals surface area contributed by atoms with Crippen molar-refractivity contribution < 1.29 is 14.6 Å². The molecule has 1 aliphatic heterocycles. The number of para-hydroxylation sites is 1. The molecule has 2 N–H and O–H groups in total. The third-order valence-electron chi connectivity index (χ3n) is 2.33. The minimum atomic E-state index is -0.981. The van der Waals surface area contributed by atoms with Crippen molar-refractivity contribution in [2.24, 2.45) is 5.73 Å². The summed E-state index contributed by atoms with van der Waals surface area (Å²) in [7, 11) is 0. The molecule has 7 nitrogen and oxygen atoms in total. The lowest BCUT2D eigenvalue weighted by Crippen LogP contribution is -2.28. The van der Waals surface area contributed by atoms with Crippen molar-refractivity contribution in [1.29, 1.82) is 0 Å². The maximum atomic E-state index is 10.8. The van der Waals surface area contributed by atoms with E-state index in [1.807, 2.05) is 0 Å². The fraction of sp³-hybridized carbons (Fsp3) is 0.222. The van der Waals surface area contributed by atoms with Crippen molar-refractivity contribution in [1.82, 2.24) is 0 Å². The van der Waals surface area contributed by atoms with E-state index < -0.39 is 11.0 Å². The van der Waals surface area contributed by atoms with Crippen LogP contribution in [0.4, 0.5) is 16.2 Å². The molecule has 0 aliphatic carbocycles. The van der Waals surface area contributed by atoms with Crippen LogP contribution in [-0.4, -0.2) is 17.6 Å². The number of hydrogen-bond acceptors (Lipinski definition) is 5. The molecule has 1 aromatic carbocycles. The Balaban J connectivity index is 2.43. The van der Waals surface area contributed by atoms with Gasteiger partial charge in [0.15, 0.2) is 5.69 Å². The Morgan fingerprint density at radius 3 is 2.94 bits per heavy atom. The average molecular weight is 223 g/mol. The highest BCUT2D eigenvalue weighted by Gasteiger charge is 2.30. The highest BCUT2D eigenvalue weighted by Crippen LogP contribution is 2.36. The number of carbonyl (C=O) groups excluding carboxylic acids is 1. The molecule has 16 heavy (non-hydrogen) atoms. The second-order valence-electron chi connectivity index (χ2n) is 3.30. The number of hydroxylamine groups is 1. The lowest BCUT2D eigenvalue weighted by atomic mass is 10.1. The van der Waals surface area contributed by atoms with Crippen LogP contribution in [0.2, 0.25) is 0 Å². The van der Waals surface area contributed by atoms with E-state index in [9.17, 15) is 14.9 Å². The Morgan fingerprint density at radius 1 is 1.56 bits per heavy atom. The molecule has 0 bridgehead atoms. The van der Waals surface area contributed by atoms with E-state index in [4.69, 9.17) is 10.6 Å². The SMILES string of the molecule is NC(=O)ON1CCc2cccc([N+](=O)[O-])c21. The molecule has 1 aliphatic rings. The summed E-state index contributed by atoms with van der Waals surface area (Å²) < 4.78 is 0. The second kappa shape index (κ2) is 3.69. The molecule has 1 heterocycles. The van der Waals surface area contributed by atoms with Gasteiger partial charge in [-0.1, -0.05) is 12.1 Å². The molecule has 0 fully saturated rings. The summed E-state index contributed by atoms with van der Waals surface area (Å²) in [6.45, 7) is 0.378. The first-order chi connectivity index (χ1) is 7.59. The van der Waals surface area contributed by atoms with Gasteiger partial charge in [-0.15, -0.1) is 0 Å². The normalized spacial score (nSPS) is 13.4. The van der Waals surface area contributed by atoms with Gasteiger partial charge in [0.2, 0.25) is 0 Å². The first-order valence-electron chi connectivity index (χ1n) is 4.61. The third kappa shape index (κ3) is 1.62. The largest absolute Gasteiger partial charge is 0.429 e. The zero-order chi connectivity index (χ0) is 11.7. The van der Waals surface area contributed by atoms with Crippen LogP contribution in [-0.2, 0) is 11.3 Å². The van der Waals surface area contributed by atoms with E-state index in [1.54, 1.807) is 12.1 Å². The number of anilines is 1. The van der Waals surface area contributed by atoms with Crippen LogP contribution in [0.1, 0.15) is 5.56 Å². The van der Waals surface area contributed by atoms with Gasteiger partial charge in [-0.05, 0) is 12.0 Å². The monoisotopic (exact) mass is 223 g/mol. The number of nitro groups is 1. The van der Waals surface area contributed by atoms with Crippen LogP contribution < -0.4 is 10.8 Å². The van der Waals surface area contributed by atoms with E-state index in [2.05, 4.69) is 0 Å². The molecule has 0 saturated heterocycles. The molecule has 2 rings (SSSR count).